The molecule has 17 heavy (non-hydrogen) atoms. The predicted molar refractivity (Wildman–Crippen MR) is 76.2 cm³/mol. The van der Waals surface area contributed by atoms with Gasteiger partial charge in [0.2, 0.25) is 0 Å². The highest BCUT2D eigenvalue weighted by atomic mass is 14.9. The van der Waals surface area contributed by atoms with Gasteiger partial charge in [0.25, 0.3) is 0 Å². The molecule has 0 aromatic rings. The van der Waals surface area contributed by atoms with E-state index in [1.807, 2.05) is 13.8 Å². The Kier molecular flexibility index (Phi) is 9.22. The Hall–Kier alpha value is -2.04. The summed E-state index contributed by atoms with van der Waals surface area (Å²) in [4.78, 5) is 15.5. The summed E-state index contributed by atoms with van der Waals surface area (Å²) < 4.78 is 0. The molecule has 0 unspecified atom stereocenters. The maximum absolute atomic E-state index is 4.15. The minimum absolute atomic E-state index is 0.459. The van der Waals surface area contributed by atoms with Crippen LogP contribution in [0, 0.1) is 0 Å². The Labute approximate surface area is 103 Å². The zero-order chi connectivity index (χ0) is 12.9. The smallest absolute Gasteiger partial charge is 0.110 e. The van der Waals surface area contributed by atoms with Gasteiger partial charge in [-0.3, -0.25) is 15.0 Å². The molecule has 0 heterocycles. The lowest BCUT2D eigenvalue weighted by molar-refractivity contribution is 0.964. The lowest BCUT2D eigenvalue weighted by Gasteiger charge is -2.01. The number of nitrogens with one attached hydrogen (secondary N) is 1. The first kappa shape index (κ1) is 15.0. The fraction of sp³-hybridized carbons (Fsp3) is 0.333. The fourth-order valence-corrected chi connectivity index (χ4v) is 0.801. The highest BCUT2D eigenvalue weighted by molar-refractivity contribution is 5.88. The average molecular weight is 233 g/mol. The Morgan fingerprint density at radius 3 is 2.65 bits per heavy atom. The van der Waals surface area contributed by atoms with Crippen LogP contribution in [-0.2, 0) is 0 Å². The molecule has 0 aliphatic rings. The fourth-order valence-electron chi connectivity index (χ4n) is 0.801. The molecule has 1 N–H and O–H groups in total. The number of aliphatic imine (C=N–C) groups is 4. The van der Waals surface area contributed by atoms with Crippen LogP contribution in [0.4, 0.5) is 0 Å². The van der Waals surface area contributed by atoms with Gasteiger partial charge in [-0.15, -0.1) is 0 Å². The molecule has 92 valence electrons. The molecule has 0 amide bonds. The Bertz CT molecular complexity index is 350. The van der Waals surface area contributed by atoms with Crippen LogP contribution in [0.2, 0.25) is 0 Å². The van der Waals surface area contributed by atoms with Crippen LogP contribution >= 0.6 is 0 Å². The molecule has 0 saturated heterocycles. The molecular weight excluding hydrogens is 214 g/mol. The van der Waals surface area contributed by atoms with Gasteiger partial charge in [-0.2, -0.15) is 0 Å². The van der Waals surface area contributed by atoms with E-state index in [2.05, 4.69) is 38.7 Å². The average Bonchev–Trinajstić information content (AvgIpc) is 2.34. The van der Waals surface area contributed by atoms with Crippen LogP contribution in [0.15, 0.2) is 44.3 Å². The van der Waals surface area contributed by atoms with Crippen molar-refractivity contribution in [3.63, 3.8) is 0 Å². The van der Waals surface area contributed by atoms with E-state index in [0.717, 1.165) is 17.8 Å². The van der Waals surface area contributed by atoms with Crippen molar-refractivity contribution in [3.05, 3.63) is 24.3 Å². The number of nitrogens with zero attached hydrogens (tertiary/aromatic N) is 4. The van der Waals surface area contributed by atoms with E-state index in [-0.39, 0.29) is 0 Å². The Morgan fingerprint density at radius 2 is 2.06 bits per heavy atom. The van der Waals surface area contributed by atoms with Crippen LogP contribution in [0.1, 0.15) is 20.3 Å². The van der Waals surface area contributed by atoms with E-state index in [0.29, 0.717) is 6.54 Å². The summed E-state index contributed by atoms with van der Waals surface area (Å²) in [5.41, 5.74) is 1.85. The molecule has 0 rings (SSSR count). The van der Waals surface area contributed by atoms with Crippen molar-refractivity contribution in [1.29, 1.82) is 0 Å². The second kappa shape index (κ2) is 10.5. The highest BCUT2D eigenvalue weighted by Crippen LogP contribution is 1.91. The third kappa shape index (κ3) is 8.92. The van der Waals surface area contributed by atoms with Crippen LogP contribution in [0.25, 0.3) is 0 Å². The first-order valence-corrected chi connectivity index (χ1v) is 5.28. The van der Waals surface area contributed by atoms with Crippen molar-refractivity contribution in [2.75, 3.05) is 6.54 Å². The molecule has 5 heteroatoms. The van der Waals surface area contributed by atoms with E-state index < -0.39 is 0 Å². The molecule has 5 nitrogen and oxygen atoms in total. The summed E-state index contributed by atoms with van der Waals surface area (Å²) in [6.45, 7) is 11.2. The van der Waals surface area contributed by atoms with Gasteiger partial charge in [0, 0.05) is 24.3 Å². The third-order valence-electron chi connectivity index (χ3n) is 1.83. The molecule has 0 fully saturated rings. The quantitative estimate of drug-likeness (QED) is 0.507. The molecule has 0 aromatic carbocycles. The van der Waals surface area contributed by atoms with Gasteiger partial charge < -0.3 is 5.32 Å². The second-order valence-electron chi connectivity index (χ2n) is 3.15. The van der Waals surface area contributed by atoms with Gasteiger partial charge in [0.05, 0.1) is 12.2 Å². The monoisotopic (exact) mass is 233 g/mol. The van der Waals surface area contributed by atoms with Crippen LogP contribution in [0.5, 0.6) is 0 Å². The van der Waals surface area contributed by atoms with Crippen LogP contribution in [-0.4, -0.2) is 32.0 Å². The molecule has 0 aromatic heterocycles. The molecule has 0 radical (unpaired) electrons. The van der Waals surface area contributed by atoms with Gasteiger partial charge in [0.15, 0.2) is 0 Å². The number of rotatable bonds is 8. The molecule has 0 saturated carbocycles. The minimum atomic E-state index is 0.459. The summed E-state index contributed by atoms with van der Waals surface area (Å²) in [6, 6.07) is 0. The molecule has 0 aliphatic carbocycles. The maximum Gasteiger partial charge on any atom is 0.110 e. The highest BCUT2D eigenvalue weighted by Gasteiger charge is 1.90. The standard InChI is InChI=1S/C12H19N5/c1-5-11(2)17-10-15-9-12(8-14-4)16-7-6-13-3/h6-8,10,16H,3-5,9H2,1-2H3/b7-6-,12-8-,15-10-,17-11-. The minimum Gasteiger partial charge on any atom is -0.361 e. The largest absolute Gasteiger partial charge is 0.361 e. The summed E-state index contributed by atoms with van der Waals surface area (Å²) in [5, 5.41) is 2.97. The topological polar surface area (TPSA) is 61.5 Å². The molecule has 0 spiro atoms. The normalized spacial score (nSPS) is 13.3. The van der Waals surface area contributed by atoms with E-state index >= 15 is 0 Å². The van der Waals surface area contributed by atoms with E-state index in [9.17, 15) is 0 Å². The third-order valence-corrected chi connectivity index (χ3v) is 1.83. The SMILES string of the molecule is C=N/C=C\N/C(=C\N=C)C/N=C\N=C(\C)CC. The van der Waals surface area contributed by atoms with Crippen molar-refractivity contribution in [2.45, 2.75) is 20.3 Å². The van der Waals surface area contributed by atoms with Crippen molar-refractivity contribution in [3.8, 4) is 0 Å². The van der Waals surface area contributed by atoms with Crippen LogP contribution in [0.3, 0.4) is 0 Å². The molecule has 0 bridgehead atoms. The van der Waals surface area contributed by atoms with Gasteiger partial charge in [0.1, 0.15) is 6.34 Å². The zero-order valence-corrected chi connectivity index (χ0v) is 10.4. The van der Waals surface area contributed by atoms with Gasteiger partial charge in [-0.1, -0.05) is 6.92 Å². The van der Waals surface area contributed by atoms with Crippen molar-refractivity contribution in [2.24, 2.45) is 20.0 Å². The number of hydrogen-bond donors (Lipinski definition) is 1. The zero-order valence-electron chi connectivity index (χ0n) is 10.4. The molecular formula is C12H19N5. The van der Waals surface area contributed by atoms with Crippen molar-refractivity contribution < 1.29 is 0 Å². The summed E-state index contributed by atoms with van der Waals surface area (Å²) in [6.07, 6.45) is 7.27. The first-order valence-electron chi connectivity index (χ1n) is 5.28. The lowest BCUT2D eigenvalue weighted by Crippen LogP contribution is -2.07. The number of hydrogen-bond acceptors (Lipinski definition) is 4. The van der Waals surface area contributed by atoms with Crippen LogP contribution < -0.4 is 5.32 Å². The maximum atomic E-state index is 4.15. The van der Waals surface area contributed by atoms with E-state index in [1.165, 1.54) is 0 Å². The molecule has 0 aliphatic heterocycles. The van der Waals surface area contributed by atoms with E-state index in [1.54, 1.807) is 24.9 Å². The van der Waals surface area contributed by atoms with Crippen molar-refractivity contribution >= 4 is 25.5 Å². The molecule has 0 atom stereocenters. The summed E-state index contributed by atoms with van der Waals surface area (Å²) in [7, 11) is 0. The summed E-state index contributed by atoms with van der Waals surface area (Å²) in [5.74, 6) is 0. The van der Waals surface area contributed by atoms with Gasteiger partial charge in [-0.05, 0) is 26.8 Å². The van der Waals surface area contributed by atoms with Crippen molar-refractivity contribution in [1.82, 2.24) is 5.32 Å². The summed E-state index contributed by atoms with van der Waals surface area (Å²) >= 11 is 0. The van der Waals surface area contributed by atoms with Gasteiger partial charge >= 0.3 is 0 Å². The lowest BCUT2D eigenvalue weighted by atomic mass is 10.3. The predicted octanol–water partition coefficient (Wildman–Crippen LogP) is 2.19. The second-order valence-corrected chi connectivity index (χ2v) is 3.15. The van der Waals surface area contributed by atoms with E-state index in [4.69, 9.17) is 0 Å². The Morgan fingerprint density at radius 1 is 1.29 bits per heavy atom. The Balaban J connectivity index is 4.27. The van der Waals surface area contributed by atoms with Gasteiger partial charge in [-0.25, -0.2) is 4.99 Å². The first-order chi connectivity index (χ1) is 8.24.